The molecule has 5 saturated carbocycles. The first-order valence-corrected chi connectivity index (χ1v) is 10.0. The van der Waals surface area contributed by atoms with Crippen molar-refractivity contribution in [3.8, 4) is 0 Å². The van der Waals surface area contributed by atoms with Gasteiger partial charge in [-0.3, -0.25) is 4.79 Å². The number of ketones is 1. The van der Waals surface area contributed by atoms with Crippen molar-refractivity contribution in [1.29, 1.82) is 0 Å². The van der Waals surface area contributed by atoms with Gasteiger partial charge in [-0.1, -0.05) is 13.8 Å². The van der Waals surface area contributed by atoms with Crippen LogP contribution in [0.15, 0.2) is 0 Å². The first-order chi connectivity index (χ1) is 10.8. The SMILES string of the molecule is C[C@H]1C23CC[C@@](C)(O)C[C@]12CC[C@@H]1[C@@H]3CC[C@]2(C)C(=O)CC[C@@H]12. The van der Waals surface area contributed by atoms with Gasteiger partial charge in [0, 0.05) is 11.8 Å². The molecule has 0 aromatic carbocycles. The van der Waals surface area contributed by atoms with Crippen molar-refractivity contribution >= 4 is 5.78 Å². The quantitative estimate of drug-likeness (QED) is 0.721. The molecular formula is C21H32O2. The lowest BCUT2D eigenvalue weighted by Gasteiger charge is -2.55. The predicted octanol–water partition coefficient (Wildman–Crippen LogP) is 4.35. The highest BCUT2D eigenvalue weighted by atomic mass is 16.3. The summed E-state index contributed by atoms with van der Waals surface area (Å²) in [6, 6.07) is 0. The number of fused-ring (bicyclic) bond motifs is 3. The normalized spacial score (nSPS) is 63.7. The van der Waals surface area contributed by atoms with E-state index < -0.39 is 5.60 Å². The lowest BCUT2D eigenvalue weighted by atomic mass is 9.49. The number of carbonyl (C=O) groups excluding carboxylic acids is 1. The summed E-state index contributed by atoms with van der Waals surface area (Å²) in [5.41, 5.74) is 0.529. The van der Waals surface area contributed by atoms with Gasteiger partial charge >= 0.3 is 0 Å². The van der Waals surface area contributed by atoms with Gasteiger partial charge in [0.05, 0.1) is 5.60 Å². The Labute approximate surface area is 140 Å². The predicted molar refractivity (Wildman–Crippen MR) is 89.8 cm³/mol. The molecule has 2 heteroatoms. The molecule has 0 radical (unpaired) electrons. The maximum absolute atomic E-state index is 12.5. The highest BCUT2D eigenvalue weighted by molar-refractivity contribution is 5.87. The average molecular weight is 316 g/mol. The summed E-state index contributed by atoms with van der Waals surface area (Å²) in [4.78, 5) is 12.5. The van der Waals surface area contributed by atoms with Crippen molar-refractivity contribution in [1.82, 2.24) is 0 Å². The third kappa shape index (κ3) is 1.50. The molecule has 23 heavy (non-hydrogen) atoms. The molecule has 0 aromatic heterocycles. The molecule has 0 saturated heterocycles. The summed E-state index contributed by atoms with van der Waals surface area (Å²) < 4.78 is 0. The zero-order valence-electron chi connectivity index (χ0n) is 15.0. The molecule has 0 spiro atoms. The molecule has 0 bridgehead atoms. The van der Waals surface area contributed by atoms with Gasteiger partial charge in [0.25, 0.3) is 0 Å². The number of Topliss-reactive ketones (excluding diaryl/α,β-unsaturated/α-hetero) is 1. The maximum Gasteiger partial charge on any atom is 0.139 e. The van der Waals surface area contributed by atoms with Crippen molar-refractivity contribution in [2.75, 3.05) is 0 Å². The van der Waals surface area contributed by atoms with Crippen LogP contribution in [-0.4, -0.2) is 16.5 Å². The summed E-state index contributed by atoms with van der Waals surface area (Å²) in [5.74, 6) is 3.65. The summed E-state index contributed by atoms with van der Waals surface area (Å²) >= 11 is 0. The molecule has 0 aromatic rings. The van der Waals surface area contributed by atoms with Gasteiger partial charge in [-0.15, -0.1) is 0 Å². The van der Waals surface area contributed by atoms with Crippen molar-refractivity contribution in [2.24, 2.45) is 39.9 Å². The van der Waals surface area contributed by atoms with E-state index in [9.17, 15) is 9.90 Å². The van der Waals surface area contributed by atoms with Crippen LogP contribution in [0.5, 0.6) is 0 Å². The van der Waals surface area contributed by atoms with Crippen LogP contribution >= 0.6 is 0 Å². The maximum atomic E-state index is 12.5. The monoisotopic (exact) mass is 316 g/mol. The molecule has 5 rings (SSSR count). The molecule has 8 atom stereocenters. The van der Waals surface area contributed by atoms with Crippen LogP contribution < -0.4 is 0 Å². The van der Waals surface area contributed by atoms with Crippen molar-refractivity contribution in [3.63, 3.8) is 0 Å². The Morgan fingerprint density at radius 2 is 1.78 bits per heavy atom. The third-order valence-corrected chi connectivity index (χ3v) is 9.95. The Balaban J connectivity index is 1.51. The molecule has 2 nitrogen and oxygen atoms in total. The van der Waals surface area contributed by atoms with E-state index in [1.54, 1.807) is 0 Å². The van der Waals surface area contributed by atoms with Crippen LogP contribution in [0.4, 0.5) is 0 Å². The van der Waals surface area contributed by atoms with E-state index in [1.165, 1.54) is 25.7 Å². The van der Waals surface area contributed by atoms with Crippen molar-refractivity contribution in [3.05, 3.63) is 0 Å². The molecule has 5 aliphatic carbocycles. The summed E-state index contributed by atoms with van der Waals surface area (Å²) in [7, 11) is 0. The van der Waals surface area contributed by atoms with Gasteiger partial charge in [0.1, 0.15) is 5.78 Å². The van der Waals surface area contributed by atoms with Crippen LogP contribution in [0, 0.1) is 39.9 Å². The fourth-order valence-electron chi connectivity index (χ4n) is 8.90. The Morgan fingerprint density at radius 1 is 1.00 bits per heavy atom. The minimum Gasteiger partial charge on any atom is -0.390 e. The van der Waals surface area contributed by atoms with Gasteiger partial charge in [0.2, 0.25) is 0 Å². The van der Waals surface area contributed by atoms with Gasteiger partial charge in [-0.05, 0) is 92.8 Å². The standard InChI is InChI=1S/C21H32O2/c1-13-20-9-6-14-15-4-5-17(22)19(15,3)8-7-16(14)21(13,20)11-10-18(2,23)12-20/h13-16,23H,4-12H2,1-3H3/t13-,14+,15+,16+,18-,19+,20-,21?/m1/s1. The number of hydrogen-bond donors (Lipinski definition) is 1. The molecular weight excluding hydrogens is 284 g/mol. The second-order valence-corrected chi connectivity index (χ2v) is 10.4. The van der Waals surface area contributed by atoms with Gasteiger partial charge in [-0.2, -0.15) is 0 Å². The van der Waals surface area contributed by atoms with Crippen LogP contribution in [0.25, 0.3) is 0 Å². The molecule has 1 N–H and O–H groups in total. The lowest BCUT2D eigenvalue weighted by molar-refractivity contribution is -0.135. The Morgan fingerprint density at radius 3 is 2.57 bits per heavy atom. The van der Waals surface area contributed by atoms with Crippen molar-refractivity contribution in [2.45, 2.75) is 84.2 Å². The molecule has 5 aliphatic rings. The van der Waals surface area contributed by atoms with Crippen LogP contribution in [-0.2, 0) is 4.79 Å². The highest BCUT2D eigenvalue weighted by Crippen LogP contribution is 2.86. The zero-order valence-corrected chi connectivity index (χ0v) is 15.0. The largest absolute Gasteiger partial charge is 0.390 e. The average Bonchev–Trinajstić information content (AvgIpc) is 2.87. The molecule has 1 unspecified atom stereocenters. The number of hydrogen-bond acceptors (Lipinski definition) is 2. The number of aliphatic hydroxyl groups is 1. The van der Waals surface area contributed by atoms with E-state index in [0.717, 1.165) is 49.9 Å². The Kier molecular flexibility index (Phi) is 2.63. The smallest absolute Gasteiger partial charge is 0.139 e. The third-order valence-electron chi connectivity index (χ3n) is 9.95. The van der Waals surface area contributed by atoms with E-state index in [0.29, 0.717) is 22.5 Å². The minimum atomic E-state index is -0.437. The topological polar surface area (TPSA) is 37.3 Å². The first-order valence-electron chi connectivity index (χ1n) is 10.0. The second kappa shape index (κ2) is 4.06. The van der Waals surface area contributed by atoms with Crippen LogP contribution in [0.3, 0.4) is 0 Å². The second-order valence-electron chi connectivity index (χ2n) is 10.4. The van der Waals surface area contributed by atoms with Crippen LogP contribution in [0.2, 0.25) is 0 Å². The molecule has 0 amide bonds. The Bertz CT molecular complexity index is 580. The van der Waals surface area contributed by atoms with Gasteiger partial charge in [-0.25, -0.2) is 0 Å². The molecule has 5 fully saturated rings. The van der Waals surface area contributed by atoms with E-state index in [1.807, 2.05) is 0 Å². The van der Waals surface area contributed by atoms with E-state index in [-0.39, 0.29) is 5.41 Å². The fraction of sp³-hybridized carbons (Fsp3) is 0.952. The van der Waals surface area contributed by atoms with Crippen LogP contribution in [0.1, 0.15) is 78.6 Å². The fourth-order valence-corrected chi connectivity index (χ4v) is 8.90. The summed E-state index contributed by atoms with van der Waals surface area (Å²) in [6.45, 7) is 6.83. The highest BCUT2D eigenvalue weighted by Gasteiger charge is 2.81. The number of carbonyl (C=O) groups is 1. The molecule has 128 valence electrons. The summed E-state index contributed by atoms with van der Waals surface area (Å²) in [6.07, 6.45) is 10.3. The number of rotatable bonds is 0. The molecule has 0 heterocycles. The van der Waals surface area contributed by atoms with E-state index in [4.69, 9.17) is 0 Å². The Hall–Kier alpha value is -0.370. The summed E-state index contributed by atoms with van der Waals surface area (Å²) in [5, 5.41) is 10.7. The molecule has 0 aliphatic heterocycles. The van der Waals surface area contributed by atoms with Gasteiger partial charge < -0.3 is 5.11 Å². The lowest BCUT2D eigenvalue weighted by Crippen LogP contribution is -2.50. The van der Waals surface area contributed by atoms with Crippen molar-refractivity contribution < 1.29 is 9.90 Å². The first kappa shape index (κ1) is 14.9. The van der Waals surface area contributed by atoms with E-state index >= 15 is 0 Å². The van der Waals surface area contributed by atoms with Gasteiger partial charge in [0.15, 0.2) is 0 Å². The zero-order chi connectivity index (χ0) is 16.3. The minimum absolute atomic E-state index is 0.0100. The van der Waals surface area contributed by atoms with E-state index in [2.05, 4.69) is 20.8 Å².